The summed E-state index contributed by atoms with van der Waals surface area (Å²) >= 11 is 0. The highest BCUT2D eigenvalue weighted by atomic mass is 15.4. The molecule has 6 nitrogen and oxygen atoms in total. The van der Waals surface area contributed by atoms with Gasteiger partial charge in [-0.2, -0.15) is 0 Å². The van der Waals surface area contributed by atoms with E-state index in [0.717, 1.165) is 34.1 Å². The van der Waals surface area contributed by atoms with Crippen LogP contribution in [-0.4, -0.2) is 47.8 Å². The van der Waals surface area contributed by atoms with E-state index in [-0.39, 0.29) is 12.3 Å². The molecule has 0 fully saturated rings. The maximum Gasteiger partial charge on any atom is 0.127 e. The predicted octanol–water partition coefficient (Wildman–Crippen LogP) is 9.32. The Morgan fingerprint density at radius 1 is 0.326 bits per heavy atom. The van der Waals surface area contributed by atoms with Crippen LogP contribution in [0.25, 0.3) is 0 Å². The number of benzene rings is 5. The molecule has 0 N–H and O–H groups in total. The Balaban J connectivity index is 1.22. The van der Waals surface area contributed by atoms with Crippen molar-refractivity contribution in [3.05, 3.63) is 169 Å². The maximum atomic E-state index is 2.32. The van der Waals surface area contributed by atoms with Crippen LogP contribution in [0.4, 0.5) is 34.1 Å². The van der Waals surface area contributed by atoms with E-state index < -0.39 is 0 Å². The molecule has 0 amide bonds. The Morgan fingerprint density at radius 2 is 0.565 bits per heavy atom. The monoisotopic (exact) mass is 604 g/mol. The molecule has 0 bridgehead atoms. The molecule has 5 aromatic carbocycles. The lowest BCUT2D eigenvalue weighted by molar-refractivity contribution is 0.209. The van der Waals surface area contributed by atoms with Gasteiger partial charge in [0.15, 0.2) is 0 Å². The fraction of sp³-hybridized carbons (Fsp3) is 0.150. The van der Waals surface area contributed by atoms with E-state index in [4.69, 9.17) is 0 Å². The standard InChI is InChI=1S/C40H40N6/c1-41-27-28-42(2)39(41)31-15-19-35(20-16-31)45(33-11-7-5-8-12-33)37-23-25-38(26-24-37)46(34-13-9-6-10-14-34)36-21-17-32(18-22-36)40-43(3)29-30-44(40)4/h5-30,39-40H,1-4H3. The van der Waals surface area contributed by atoms with E-state index in [0.29, 0.717) is 0 Å². The van der Waals surface area contributed by atoms with Crippen LogP contribution in [0, 0.1) is 0 Å². The van der Waals surface area contributed by atoms with Crippen LogP contribution in [-0.2, 0) is 0 Å². The van der Waals surface area contributed by atoms with E-state index >= 15 is 0 Å². The molecule has 2 aliphatic rings. The second-order valence-corrected chi connectivity index (χ2v) is 12.0. The molecular formula is C40H40N6. The van der Waals surface area contributed by atoms with E-state index in [2.05, 4.69) is 216 Å². The van der Waals surface area contributed by atoms with Crippen molar-refractivity contribution in [1.29, 1.82) is 0 Å². The summed E-state index contributed by atoms with van der Waals surface area (Å²) in [6, 6.07) is 47.9. The highest BCUT2D eigenvalue weighted by molar-refractivity contribution is 5.81. The summed E-state index contributed by atoms with van der Waals surface area (Å²) in [5, 5.41) is 0. The Labute approximate surface area is 272 Å². The third kappa shape index (κ3) is 5.54. The van der Waals surface area contributed by atoms with Crippen molar-refractivity contribution in [3.8, 4) is 0 Å². The summed E-state index contributed by atoms with van der Waals surface area (Å²) in [7, 11) is 8.48. The Kier molecular flexibility index (Phi) is 7.85. The van der Waals surface area contributed by atoms with Gasteiger partial charge < -0.3 is 29.4 Å². The zero-order valence-corrected chi connectivity index (χ0v) is 26.8. The van der Waals surface area contributed by atoms with Gasteiger partial charge in [-0.25, -0.2) is 0 Å². The molecule has 0 spiro atoms. The van der Waals surface area contributed by atoms with Crippen molar-refractivity contribution in [3.63, 3.8) is 0 Å². The van der Waals surface area contributed by atoms with Gasteiger partial charge in [-0.3, -0.25) is 0 Å². The van der Waals surface area contributed by atoms with Crippen LogP contribution in [0.2, 0.25) is 0 Å². The number of para-hydroxylation sites is 2. The molecule has 2 aliphatic heterocycles. The van der Waals surface area contributed by atoms with Crippen LogP contribution in [0.5, 0.6) is 0 Å². The van der Waals surface area contributed by atoms with Gasteiger partial charge in [-0.1, -0.05) is 60.7 Å². The van der Waals surface area contributed by atoms with Crippen LogP contribution >= 0.6 is 0 Å². The molecule has 0 saturated heterocycles. The van der Waals surface area contributed by atoms with Crippen LogP contribution < -0.4 is 9.80 Å². The maximum absolute atomic E-state index is 2.32. The third-order valence-electron chi connectivity index (χ3n) is 8.91. The van der Waals surface area contributed by atoms with Crippen molar-refractivity contribution in [2.45, 2.75) is 12.3 Å². The molecule has 0 radical (unpaired) electrons. The van der Waals surface area contributed by atoms with Gasteiger partial charge in [0.2, 0.25) is 0 Å². The molecule has 0 aromatic heterocycles. The van der Waals surface area contributed by atoms with Gasteiger partial charge in [-0.15, -0.1) is 0 Å². The molecule has 230 valence electrons. The minimum Gasteiger partial charge on any atom is -0.355 e. The van der Waals surface area contributed by atoms with E-state index in [9.17, 15) is 0 Å². The van der Waals surface area contributed by atoms with Gasteiger partial charge in [0.05, 0.1) is 0 Å². The summed E-state index contributed by atoms with van der Waals surface area (Å²) in [6.07, 6.45) is 8.88. The molecule has 0 aliphatic carbocycles. The highest BCUT2D eigenvalue weighted by Gasteiger charge is 2.24. The SMILES string of the molecule is CN1C=CN(C)C1c1ccc(N(c2ccccc2)c2ccc(N(c3ccccc3)c3ccc(C4N(C)C=CN4C)cc3)cc2)cc1. The van der Waals surface area contributed by atoms with Crippen LogP contribution in [0.1, 0.15) is 23.5 Å². The highest BCUT2D eigenvalue weighted by Crippen LogP contribution is 2.40. The number of anilines is 6. The van der Waals surface area contributed by atoms with Gasteiger partial charge in [0, 0.05) is 87.1 Å². The molecule has 7 rings (SSSR count). The van der Waals surface area contributed by atoms with Crippen molar-refractivity contribution >= 4 is 34.1 Å². The third-order valence-corrected chi connectivity index (χ3v) is 8.91. The summed E-state index contributed by atoms with van der Waals surface area (Å²) in [4.78, 5) is 13.6. The zero-order chi connectivity index (χ0) is 31.6. The van der Waals surface area contributed by atoms with Gasteiger partial charge in [-0.05, 0) is 83.9 Å². The topological polar surface area (TPSA) is 19.4 Å². The molecule has 46 heavy (non-hydrogen) atoms. The first-order valence-corrected chi connectivity index (χ1v) is 15.7. The predicted molar refractivity (Wildman–Crippen MR) is 191 cm³/mol. The zero-order valence-electron chi connectivity index (χ0n) is 26.8. The normalized spacial score (nSPS) is 14.9. The lowest BCUT2D eigenvalue weighted by atomic mass is 10.1. The minimum atomic E-state index is 0.202. The second-order valence-electron chi connectivity index (χ2n) is 12.0. The van der Waals surface area contributed by atoms with E-state index in [1.165, 1.54) is 11.1 Å². The summed E-state index contributed by atoms with van der Waals surface area (Å²) in [6.45, 7) is 0. The second kappa shape index (κ2) is 12.4. The minimum absolute atomic E-state index is 0.202. The van der Waals surface area contributed by atoms with Gasteiger partial charge >= 0.3 is 0 Å². The lowest BCUT2D eigenvalue weighted by Crippen LogP contribution is -2.25. The van der Waals surface area contributed by atoms with Crippen molar-refractivity contribution in [2.24, 2.45) is 0 Å². The fourth-order valence-corrected chi connectivity index (χ4v) is 6.65. The molecule has 2 heterocycles. The molecule has 0 saturated carbocycles. The number of nitrogens with zero attached hydrogens (tertiary/aromatic N) is 6. The Hall–Kier alpha value is -5.62. The molecule has 5 aromatic rings. The number of rotatable bonds is 8. The Morgan fingerprint density at radius 3 is 0.848 bits per heavy atom. The first kappa shape index (κ1) is 29.1. The summed E-state index contributed by atoms with van der Waals surface area (Å²) in [5.41, 5.74) is 9.18. The van der Waals surface area contributed by atoms with E-state index in [1.54, 1.807) is 0 Å². The van der Waals surface area contributed by atoms with Crippen molar-refractivity contribution in [2.75, 3.05) is 38.0 Å². The van der Waals surface area contributed by atoms with E-state index in [1.807, 2.05) is 0 Å². The summed E-state index contributed by atoms with van der Waals surface area (Å²) in [5.74, 6) is 0. The molecule has 6 heteroatoms. The van der Waals surface area contributed by atoms with Crippen molar-refractivity contribution in [1.82, 2.24) is 19.6 Å². The van der Waals surface area contributed by atoms with Gasteiger partial charge in [0.25, 0.3) is 0 Å². The van der Waals surface area contributed by atoms with Gasteiger partial charge in [0.1, 0.15) is 12.3 Å². The fourth-order valence-electron chi connectivity index (χ4n) is 6.65. The molecule has 0 unspecified atom stereocenters. The average molecular weight is 605 g/mol. The first-order chi connectivity index (χ1) is 22.5. The smallest absolute Gasteiger partial charge is 0.127 e. The summed E-state index contributed by atoms with van der Waals surface area (Å²) < 4.78 is 0. The van der Waals surface area contributed by atoms with Crippen LogP contribution in [0.3, 0.4) is 0 Å². The number of hydrogen-bond acceptors (Lipinski definition) is 6. The molecular weight excluding hydrogens is 564 g/mol. The van der Waals surface area contributed by atoms with Crippen LogP contribution in [0.15, 0.2) is 158 Å². The number of hydrogen-bond donors (Lipinski definition) is 0. The first-order valence-electron chi connectivity index (χ1n) is 15.7. The van der Waals surface area contributed by atoms with Crippen molar-refractivity contribution < 1.29 is 0 Å². The molecule has 0 atom stereocenters. The average Bonchev–Trinajstić information content (AvgIpc) is 3.62. The quantitative estimate of drug-likeness (QED) is 0.175. The Bertz CT molecular complexity index is 1640. The largest absolute Gasteiger partial charge is 0.355 e. The lowest BCUT2D eigenvalue weighted by Gasteiger charge is -2.30.